The molecule has 0 aliphatic carbocycles. The van der Waals surface area contributed by atoms with Crippen LogP contribution in [0.3, 0.4) is 0 Å². The van der Waals surface area contributed by atoms with E-state index in [1.54, 1.807) is 17.1 Å². The molecule has 3 amide bonds. The molecule has 2 aromatic rings. The quantitative estimate of drug-likeness (QED) is 0.207. The van der Waals surface area contributed by atoms with Crippen LogP contribution in [-0.4, -0.2) is 102 Å². The molecule has 11 nitrogen and oxygen atoms in total. The maximum Gasteiger partial charge on any atom is 0.313 e. The van der Waals surface area contributed by atoms with E-state index in [-0.39, 0.29) is 38.0 Å². The van der Waals surface area contributed by atoms with Crippen LogP contribution in [0.2, 0.25) is 0 Å². The molecule has 8 atom stereocenters. The first-order valence-electron chi connectivity index (χ1n) is 18.1. The fourth-order valence-electron chi connectivity index (χ4n) is 8.13. The Morgan fingerprint density at radius 3 is 2.45 bits per heavy atom. The van der Waals surface area contributed by atoms with Crippen molar-refractivity contribution >= 4 is 23.7 Å². The number of aliphatic hydroxyl groups is 1. The van der Waals surface area contributed by atoms with Crippen LogP contribution >= 0.6 is 0 Å². The molecule has 272 valence electrons. The number of aliphatic hydroxyl groups excluding tert-OH is 1. The van der Waals surface area contributed by atoms with Gasteiger partial charge in [-0.3, -0.25) is 19.2 Å². The Bertz CT molecular complexity index is 1600. The zero-order valence-electron chi connectivity index (χ0n) is 29.4. The van der Waals surface area contributed by atoms with Crippen molar-refractivity contribution in [1.82, 2.24) is 15.1 Å². The third kappa shape index (κ3) is 7.38. The summed E-state index contributed by atoms with van der Waals surface area (Å²) in [5.41, 5.74) is 0.116. The smallest absolute Gasteiger partial charge is 0.313 e. The lowest BCUT2D eigenvalue weighted by molar-refractivity contribution is -0.163. The van der Waals surface area contributed by atoms with Crippen LogP contribution < -0.4 is 5.32 Å². The Morgan fingerprint density at radius 2 is 1.75 bits per heavy atom. The summed E-state index contributed by atoms with van der Waals surface area (Å²) in [5.74, 6) is -3.76. The first-order valence-corrected chi connectivity index (χ1v) is 18.1. The summed E-state index contributed by atoms with van der Waals surface area (Å²) in [4.78, 5) is 60.7. The van der Waals surface area contributed by atoms with Crippen molar-refractivity contribution in [2.75, 3.05) is 33.4 Å². The monoisotopic (exact) mass is 699 g/mol. The van der Waals surface area contributed by atoms with Gasteiger partial charge in [0.15, 0.2) is 0 Å². The number of ether oxygens (including phenoxy) is 3. The molecule has 4 heterocycles. The van der Waals surface area contributed by atoms with Gasteiger partial charge in [0.2, 0.25) is 17.7 Å². The van der Waals surface area contributed by atoms with Gasteiger partial charge in [0, 0.05) is 26.6 Å². The second kappa shape index (κ2) is 16.4. The zero-order chi connectivity index (χ0) is 36.0. The molecular formula is C40H49N3O8. The topological polar surface area (TPSA) is 135 Å². The van der Waals surface area contributed by atoms with Gasteiger partial charge in [-0.05, 0) is 30.4 Å². The molecular weight excluding hydrogens is 650 g/mol. The van der Waals surface area contributed by atoms with Crippen LogP contribution in [0.25, 0.3) is 0 Å². The summed E-state index contributed by atoms with van der Waals surface area (Å²) < 4.78 is 18.4. The lowest BCUT2D eigenvalue weighted by Gasteiger charge is -2.39. The van der Waals surface area contributed by atoms with Gasteiger partial charge in [0.05, 0.1) is 37.3 Å². The molecule has 2 saturated heterocycles. The predicted molar refractivity (Wildman–Crippen MR) is 189 cm³/mol. The maximum absolute atomic E-state index is 14.9. The lowest BCUT2D eigenvalue weighted by atomic mass is 9.74. The third-order valence-electron chi connectivity index (χ3n) is 10.5. The Hall–Kier alpha value is -4.32. The summed E-state index contributed by atoms with van der Waals surface area (Å²) >= 11 is 0. The summed E-state index contributed by atoms with van der Waals surface area (Å²) in [5, 5.41) is 13.9. The Morgan fingerprint density at radius 1 is 1.00 bits per heavy atom. The number of nitrogens with zero attached hydrogens (tertiary/aromatic N) is 2. The molecule has 2 aromatic carbocycles. The minimum Gasteiger partial charge on any atom is -0.455 e. The number of rotatable bonds is 11. The van der Waals surface area contributed by atoms with Crippen LogP contribution in [0.4, 0.5) is 0 Å². The van der Waals surface area contributed by atoms with Crippen molar-refractivity contribution in [3.63, 3.8) is 0 Å². The van der Waals surface area contributed by atoms with E-state index in [4.69, 9.17) is 14.2 Å². The van der Waals surface area contributed by atoms with E-state index in [1.165, 1.54) is 12.0 Å². The maximum atomic E-state index is 14.9. The van der Waals surface area contributed by atoms with E-state index < -0.39 is 59.6 Å². The van der Waals surface area contributed by atoms with Gasteiger partial charge >= 0.3 is 5.97 Å². The summed E-state index contributed by atoms with van der Waals surface area (Å²) in [6, 6.07) is 16.1. The molecule has 2 fully saturated rings. The number of amides is 3. The Balaban J connectivity index is 1.44. The average Bonchev–Trinajstić information content (AvgIpc) is 3.79. The largest absolute Gasteiger partial charge is 0.455 e. The van der Waals surface area contributed by atoms with Crippen molar-refractivity contribution in [2.24, 2.45) is 11.8 Å². The molecule has 0 unspecified atom stereocenters. The zero-order valence-corrected chi connectivity index (χ0v) is 29.4. The number of hydrogen-bond donors (Lipinski definition) is 2. The number of likely N-dealkylation sites (tertiary alicyclic amines) is 1. The fraction of sp³-hybridized carbons (Fsp3) is 0.500. The molecule has 4 aliphatic rings. The minimum absolute atomic E-state index is 0.0694. The van der Waals surface area contributed by atoms with Crippen molar-refractivity contribution in [2.45, 2.75) is 81.4 Å². The molecule has 51 heavy (non-hydrogen) atoms. The number of methoxy groups -OCH3 is 1. The second-order valence-corrected chi connectivity index (χ2v) is 13.9. The minimum atomic E-state index is -1.43. The van der Waals surface area contributed by atoms with Crippen LogP contribution in [0, 0.1) is 11.8 Å². The van der Waals surface area contributed by atoms with Crippen LogP contribution in [0.1, 0.15) is 56.3 Å². The number of allylic oxidation sites excluding steroid dienone is 1. The molecule has 0 aromatic heterocycles. The second-order valence-electron chi connectivity index (χ2n) is 13.9. The normalized spacial score (nSPS) is 30.6. The number of unbranched alkanes of at least 4 members (excludes halogenated alkanes) is 2. The lowest BCUT2D eigenvalue weighted by Crippen LogP contribution is -2.59. The molecule has 2 N–H and O–H groups in total. The van der Waals surface area contributed by atoms with Gasteiger partial charge in [-0.1, -0.05) is 105 Å². The number of cyclic esters (lactones) is 1. The predicted octanol–water partition coefficient (Wildman–Crippen LogP) is 3.53. The Labute approximate surface area is 299 Å². The highest BCUT2D eigenvalue weighted by Gasteiger charge is 2.74. The fourth-order valence-corrected chi connectivity index (χ4v) is 8.13. The highest BCUT2D eigenvalue weighted by atomic mass is 16.6. The molecule has 0 saturated carbocycles. The van der Waals surface area contributed by atoms with Gasteiger partial charge in [-0.2, -0.15) is 0 Å². The van der Waals surface area contributed by atoms with Crippen LogP contribution in [0.5, 0.6) is 0 Å². The number of nitrogens with one attached hydrogen (secondary N) is 1. The van der Waals surface area contributed by atoms with E-state index in [2.05, 4.69) is 12.2 Å². The molecule has 4 aliphatic heterocycles. The number of fused-ring (bicyclic) bond motifs is 2. The van der Waals surface area contributed by atoms with E-state index >= 15 is 0 Å². The number of hydrogen-bond acceptors (Lipinski definition) is 8. The molecule has 5 bridgehead atoms. The van der Waals surface area contributed by atoms with E-state index in [1.807, 2.05) is 72.8 Å². The highest BCUT2D eigenvalue weighted by molar-refractivity contribution is 5.99. The van der Waals surface area contributed by atoms with Crippen LogP contribution in [-0.2, 0) is 39.8 Å². The van der Waals surface area contributed by atoms with Crippen molar-refractivity contribution in [1.29, 1.82) is 0 Å². The van der Waals surface area contributed by atoms with Gasteiger partial charge in [-0.15, -0.1) is 0 Å². The molecule has 11 heteroatoms. The van der Waals surface area contributed by atoms with Crippen molar-refractivity contribution < 1.29 is 38.5 Å². The van der Waals surface area contributed by atoms with E-state index in [0.717, 1.165) is 24.8 Å². The Kier molecular flexibility index (Phi) is 11.7. The first kappa shape index (κ1) is 36.5. The van der Waals surface area contributed by atoms with Crippen molar-refractivity contribution in [3.8, 4) is 0 Å². The number of carbonyl (C=O) groups excluding carboxylic acids is 4. The van der Waals surface area contributed by atoms with E-state index in [9.17, 15) is 24.3 Å². The first-order chi connectivity index (χ1) is 24.8. The van der Waals surface area contributed by atoms with Gasteiger partial charge in [0.1, 0.15) is 23.7 Å². The van der Waals surface area contributed by atoms with Gasteiger partial charge < -0.3 is 34.4 Å². The third-order valence-corrected chi connectivity index (χ3v) is 10.5. The molecule has 6 rings (SSSR count). The van der Waals surface area contributed by atoms with Crippen molar-refractivity contribution in [3.05, 3.63) is 96.1 Å². The molecule has 1 spiro atoms. The standard InChI is InChI=1S/C40H49N3O8/c1-3-4-13-22-42-23-14-7-12-19-32(45)41-30(26-49-2)35(28-17-10-6-11-18-28)50-39(48)33-31-20-21-40(51-31)34(33)37(46)43(36(40)38(42)47)29(25-44)24-27-15-8-5-9-16-27/h5-11,14-18,20-21,29-31,33-36,44H,3-4,12-13,19,22-26H2,1-2H3,(H,41,45)/b14-7-/t29-,30-,31+,33-,34-,35-,36+,40-/m1/s1. The summed E-state index contributed by atoms with van der Waals surface area (Å²) in [6.07, 6.45) is 9.13. The van der Waals surface area contributed by atoms with Gasteiger partial charge in [0.25, 0.3) is 0 Å². The van der Waals surface area contributed by atoms with Crippen LogP contribution in [0.15, 0.2) is 85.0 Å². The highest BCUT2D eigenvalue weighted by Crippen LogP contribution is 2.56. The average molecular weight is 700 g/mol. The SMILES string of the molecule is CCCCCN1C/C=C\CCC(=O)N[C@H](COC)[C@@H](c2ccccc2)OC(=O)[C@@H]2[C@@H]3C=C[C@]4(O3)[C@H](C1=O)N([C@@H](CO)Cc1ccccc1)C(=O)[C@@H]24. The number of carbonyl (C=O) groups is 4. The number of esters is 1. The molecule has 0 radical (unpaired) electrons. The summed E-state index contributed by atoms with van der Waals surface area (Å²) in [7, 11) is 1.52. The van der Waals surface area contributed by atoms with E-state index in [0.29, 0.717) is 24.9 Å². The van der Waals surface area contributed by atoms with Gasteiger partial charge in [-0.25, -0.2) is 0 Å². The number of benzene rings is 2. The summed E-state index contributed by atoms with van der Waals surface area (Å²) in [6.45, 7) is 2.50.